The molecular formula is C22H18N4O3. The fourth-order valence-corrected chi connectivity index (χ4v) is 3.88. The molecule has 2 atom stereocenters. The molecule has 2 unspecified atom stereocenters. The van der Waals surface area contributed by atoms with Crippen LogP contribution in [0, 0.1) is 11.3 Å². The van der Waals surface area contributed by atoms with Gasteiger partial charge in [0.15, 0.2) is 11.4 Å². The Kier molecular flexibility index (Phi) is 4.61. The standard InChI is InChI=1S/C22H18N4O3/c1-25-13-17(26-20(22(25)29)21(28)18(27)12-24-26)19(15-7-3-2-4-8-15)16-9-5-6-14(10-16)11-23/h2-10,12,17,19,28H,13H2,1H3. The lowest BCUT2D eigenvalue weighted by Gasteiger charge is -2.37. The van der Waals surface area contributed by atoms with Gasteiger partial charge in [-0.05, 0) is 23.3 Å². The largest absolute Gasteiger partial charge is 0.502 e. The quantitative estimate of drug-likeness (QED) is 0.744. The maximum atomic E-state index is 12.7. The topological polar surface area (TPSA) is 99.2 Å². The van der Waals surface area contributed by atoms with E-state index in [1.807, 2.05) is 48.5 Å². The molecule has 0 radical (unpaired) electrons. The average Bonchev–Trinajstić information content (AvgIpc) is 2.75. The van der Waals surface area contributed by atoms with Crippen molar-refractivity contribution in [3.63, 3.8) is 0 Å². The Balaban J connectivity index is 1.96. The molecular weight excluding hydrogens is 368 g/mol. The lowest BCUT2D eigenvalue weighted by Crippen LogP contribution is -2.45. The van der Waals surface area contributed by atoms with E-state index in [1.165, 1.54) is 9.58 Å². The Labute approximate surface area is 167 Å². The van der Waals surface area contributed by atoms with Gasteiger partial charge in [-0.3, -0.25) is 14.3 Å². The zero-order valence-corrected chi connectivity index (χ0v) is 15.7. The van der Waals surface area contributed by atoms with E-state index in [4.69, 9.17) is 0 Å². The van der Waals surface area contributed by atoms with Crippen molar-refractivity contribution in [3.8, 4) is 11.8 Å². The number of hydrogen-bond donors (Lipinski definition) is 1. The maximum Gasteiger partial charge on any atom is 0.275 e. The van der Waals surface area contributed by atoms with Crippen LogP contribution >= 0.6 is 0 Å². The van der Waals surface area contributed by atoms with Crippen LogP contribution in [0.4, 0.5) is 0 Å². The molecule has 7 heteroatoms. The molecule has 0 aliphatic carbocycles. The predicted octanol–water partition coefficient (Wildman–Crippen LogP) is 2.28. The van der Waals surface area contributed by atoms with Gasteiger partial charge in [0.1, 0.15) is 0 Å². The molecule has 2 heterocycles. The molecule has 1 aliphatic rings. The summed E-state index contributed by atoms with van der Waals surface area (Å²) in [5, 5.41) is 23.8. The molecule has 7 nitrogen and oxygen atoms in total. The molecule has 1 aliphatic heterocycles. The Morgan fingerprint density at radius 1 is 1.14 bits per heavy atom. The fourth-order valence-electron chi connectivity index (χ4n) is 3.88. The van der Waals surface area contributed by atoms with Gasteiger partial charge in [0.25, 0.3) is 5.91 Å². The third-order valence-electron chi connectivity index (χ3n) is 5.23. The van der Waals surface area contributed by atoms with Crippen molar-refractivity contribution in [1.29, 1.82) is 5.26 Å². The molecule has 0 bridgehead atoms. The van der Waals surface area contributed by atoms with Crippen LogP contribution in [0.1, 0.15) is 39.1 Å². The number of nitriles is 1. The van der Waals surface area contributed by atoms with E-state index in [1.54, 1.807) is 13.1 Å². The Morgan fingerprint density at radius 2 is 1.86 bits per heavy atom. The van der Waals surface area contributed by atoms with Crippen molar-refractivity contribution < 1.29 is 9.90 Å². The summed E-state index contributed by atoms with van der Waals surface area (Å²) in [4.78, 5) is 26.0. The van der Waals surface area contributed by atoms with Crippen molar-refractivity contribution in [2.45, 2.75) is 12.0 Å². The van der Waals surface area contributed by atoms with Crippen LogP contribution in [0.15, 0.2) is 65.6 Å². The smallest absolute Gasteiger partial charge is 0.275 e. The fraction of sp³-hybridized carbons (Fsp3) is 0.182. The average molecular weight is 386 g/mol. The summed E-state index contributed by atoms with van der Waals surface area (Å²) < 4.78 is 1.44. The van der Waals surface area contributed by atoms with Gasteiger partial charge in [0, 0.05) is 19.5 Å². The van der Waals surface area contributed by atoms with Gasteiger partial charge < -0.3 is 10.0 Å². The highest BCUT2D eigenvalue weighted by Crippen LogP contribution is 2.39. The summed E-state index contributed by atoms with van der Waals surface area (Å²) in [7, 11) is 1.63. The number of amides is 1. The van der Waals surface area contributed by atoms with Gasteiger partial charge in [-0.15, -0.1) is 0 Å². The van der Waals surface area contributed by atoms with Crippen LogP contribution < -0.4 is 5.43 Å². The van der Waals surface area contributed by atoms with E-state index >= 15 is 0 Å². The number of benzene rings is 2. The molecule has 0 spiro atoms. The van der Waals surface area contributed by atoms with Gasteiger partial charge in [-0.25, -0.2) is 0 Å². The minimum Gasteiger partial charge on any atom is -0.502 e. The van der Waals surface area contributed by atoms with Gasteiger partial charge >= 0.3 is 0 Å². The van der Waals surface area contributed by atoms with Gasteiger partial charge in [-0.2, -0.15) is 10.4 Å². The van der Waals surface area contributed by atoms with E-state index in [9.17, 15) is 20.0 Å². The molecule has 29 heavy (non-hydrogen) atoms. The molecule has 0 saturated heterocycles. The van der Waals surface area contributed by atoms with Crippen molar-refractivity contribution >= 4 is 5.91 Å². The van der Waals surface area contributed by atoms with Crippen LogP contribution in [0.25, 0.3) is 0 Å². The minimum absolute atomic E-state index is 0.117. The van der Waals surface area contributed by atoms with Crippen molar-refractivity contribution in [2.75, 3.05) is 13.6 Å². The van der Waals surface area contributed by atoms with Gasteiger partial charge in [-0.1, -0.05) is 42.5 Å². The number of aromatic nitrogens is 2. The number of fused-ring (bicyclic) bond motifs is 1. The Bertz CT molecular complexity index is 1180. The molecule has 1 aromatic heterocycles. The van der Waals surface area contributed by atoms with E-state index in [2.05, 4.69) is 11.2 Å². The van der Waals surface area contributed by atoms with E-state index in [-0.39, 0.29) is 17.7 Å². The highest BCUT2D eigenvalue weighted by molar-refractivity contribution is 5.95. The molecule has 0 saturated carbocycles. The summed E-state index contributed by atoms with van der Waals surface area (Å²) >= 11 is 0. The second-order valence-electron chi connectivity index (χ2n) is 7.03. The number of hydrogen-bond acceptors (Lipinski definition) is 5. The molecule has 1 N–H and O–H groups in total. The monoisotopic (exact) mass is 386 g/mol. The first-order chi connectivity index (χ1) is 14.0. The summed E-state index contributed by atoms with van der Waals surface area (Å²) in [6.45, 7) is 0.331. The number of carbonyl (C=O) groups excluding carboxylic acids is 1. The minimum atomic E-state index is -0.693. The summed E-state index contributed by atoms with van der Waals surface area (Å²) in [6.07, 6.45) is 1.03. The first-order valence-electron chi connectivity index (χ1n) is 9.12. The zero-order valence-electron chi connectivity index (χ0n) is 15.7. The van der Waals surface area contributed by atoms with Crippen LogP contribution in [-0.4, -0.2) is 39.3 Å². The van der Waals surface area contributed by atoms with Gasteiger partial charge in [0.2, 0.25) is 5.43 Å². The third kappa shape index (κ3) is 3.15. The van der Waals surface area contributed by atoms with Crippen molar-refractivity contribution in [3.05, 3.63) is 93.4 Å². The normalized spacial score (nSPS) is 16.8. The molecule has 1 amide bonds. The first-order valence-corrected chi connectivity index (χ1v) is 9.12. The second-order valence-corrected chi connectivity index (χ2v) is 7.03. The maximum absolute atomic E-state index is 12.7. The molecule has 4 rings (SSSR count). The van der Waals surface area contributed by atoms with Crippen molar-refractivity contribution in [2.24, 2.45) is 0 Å². The SMILES string of the molecule is CN1CC(C(c2ccccc2)c2cccc(C#N)c2)n2ncc(=O)c(O)c2C1=O. The van der Waals surface area contributed by atoms with Crippen LogP contribution in [-0.2, 0) is 0 Å². The van der Waals surface area contributed by atoms with Crippen LogP contribution in [0.5, 0.6) is 5.75 Å². The highest BCUT2D eigenvalue weighted by Gasteiger charge is 2.38. The lowest BCUT2D eigenvalue weighted by molar-refractivity contribution is 0.0686. The molecule has 144 valence electrons. The molecule has 3 aromatic rings. The van der Waals surface area contributed by atoms with Crippen LogP contribution in [0.2, 0.25) is 0 Å². The lowest BCUT2D eigenvalue weighted by atomic mass is 9.83. The third-order valence-corrected chi connectivity index (χ3v) is 5.23. The summed E-state index contributed by atoms with van der Waals surface area (Å²) in [6, 6.07) is 18.8. The van der Waals surface area contributed by atoms with Crippen LogP contribution in [0.3, 0.4) is 0 Å². The molecule has 2 aromatic carbocycles. The summed E-state index contributed by atoms with van der Waals surface area (Å²) in [5.74, 6) is -1.31. The summed E-state index contributed by atoms with van der Waals surface area (Å²) in [5.41, 5.74) is 1.57. The number of rotatable bonds is 3. The predicted molar refractivity (Wildman–Crippen MR) is 106 cm³/mol. The second kappa shape index (κ2) is 7.24. The number of aromatic hydroxyl groups is 1. The number of carbonyl (C=O) groups is 1. The molecule has 0 fully saturated rings. The number of likely N-dealkylation sites (N-methyl/N-ethyl adjacent to an activating group) is 1. The highest BCUT2D eigenvalue weighted by atomic mass is 16.3. The first kappa shape index (κ1) is 18.4. The van der Waals surface area contributed by atoms with E-state index < -0.39 is 17.1 Å². The van der Waals surface area contributed by atoms with E-state index in [0.717, 1.165) is 17.3 Å². The zero-order chi connectivity index (χ0) is 20.5. The Morgan fingerprint density at radius 3 is 2.59 bits per heavy atom. The van der Waals surface area contributed by atoms with Gasteiger partial charge in [0.05, 0.1) is 23.9 Å². The Hall–Kier alpha value is -3.92. The van der Waals surface area contributed by atoms with E-state index in [0.29, 0.717) is 12.1 Å². The number of nitrogens with zero attached hydrogens (tertiary/aromatic N) is 4. The van der Waals surface area contributed by atoms with Crippen molar-refractivity contribution in [1.82, 2.24) is 14.7 Å².